The van der Waals surface area contributed by atoms with Gasteiger partial charge in [0, 0.05) is 0 Å². The molecule has 0 saturated heterocycles. The zero-order chi connectivity index (χ0) is 13.4. The molecule has 0 aliphatic carbocycles. The number of amidine groups is 2. The fourth-order valence-electron chi connectivity index (χ4n) is 2.23. The van der Waals surface area contributed by atoms with E-state index in [1.54, 1.807) is 6.34 Å². The molecule has 0 amide bonds. The first-order valence-corrected chi connectivity index (χ1v) is 6.23. The Balaban J connectivity index is 1.55. The van der Waals surface area contributed by atoms with E-state index in [1.807, 2.05) is 29.3 Å². The molecule has 0 spiro atoms. The lowest BCUT2D eigenvalue weighted by Crippen LogP contribution is -2.41. The second-order valence-electron chi connectivity index (χ2n) is 4.42. The lowest BCUT2D eigenvalue weighted by atomic mass is 10.2. The maximum Gasteiger partial charge on any atom is 0.168 e. The van der Waals surface area contributed by atoms with E-state index in [4.69, 9.17) is 0 Å². The van der Waals surface area contributed by atoms with E-state index in [0.29, 0.717) is 12.5 Å². The summed E-state index contributed by atoms with van der Waals surface area (Å²) in [6, 6.07) is 7.79. The van der Waals surface area contributed by atoms with E-state index in [1.165, 1.54) is 6.34 Å². The Hall–Kier alpha value is -2.74. The predicted octanol–water partition coefficient (Wildman–Crippen LogP) is 0.135. The summed E-state index contributed by atoms with van der Waals surface area (Å²) < 4.78 is 0. The van der Waals surface area contributed by atoms with Crippen molar-refractivity contribution in [1.29, 1.82) is 0 Å². The summed E-state index contributed by atoms with van der Waals surface area (Å²) in [4.78, 5) is 17.1. The monoisotopic (exact) mass is 268 g/mol. The Labute approximate surface area is 115 Å². The van der Waals surface area contributed by atoms with Gasteiger partial charge in [0.2, 0.25) is 0 Å². The molecule has 1 aromatic rings. The summed E-state index contributed by atoms with van der Waals surface area (Å²) in [5, 5.41) is 4.88. The van der Waals surface area contributed by atoms with Crippen molar-refractivity contribution in [1.82, 2.24) is 10.9 Å². The normalized spacial score (nSPS) is 24.2. The molecule has 3 N–H and O–H groups in total. The number of hydrogen-bond donors (Lipinski definition) is 3. The molecule has 20 heavy (non-hydrogen) atoms. The van der Waals surface area contributed by atoms with Gasteiger partial charge in [0.15, 0.2) is 11.9 Å². The average Bonchev–Trinajstić information content (AvgIpc) is 3.12. The van der Waals surface area contributed by atoms with Crippen LogP contribution in [-0.2, 0) is 0 Å². The Kier molecular flexibility index (Phi) is 2.46. The number of fused-ring (bicyclic) bond motifs is 2. The van der Waals surface area contributed by atoms with Gasteiger partial charge in [0.1, 0.15) is 18.8 Å². The highest BCUT2D eigenvalue weighted by Crippen LogP contribution is 2.27. The molecule has 3 aliphatic rings. The van der Waals surface area contributed by atoms with Crippen molar-refractivity contribution in [3.8, 4) is 0 Å². The minimum atomic E-state index is -0.203. The van der Waals surface area contributed by atoms with Crippen LogP contribution in [0.15, 0.2) is 44.2 Å². The topological polar surface area (TPSA) is 88.8 Å². The maximum atomic E-state index is 4.51. The first kappa shape index (κ1) is 11.1. The van der Waals surface area contributed by atoms with Gasteiger partial charge in [-0.1, -0.05) is 12.1 Å². The third kappa shape index (κ3) is 1.74. The molecule has 8 nitrogen and oxygen atoms in total. The minimum Gasteiger partial charge on any atom is -0.332 e. The number of benzene rings is 1. The highest BCUT2D eigenvalue weighted by atomic mass is 15.7. The molecule has 1 atom stereocenters. The summed E-state index contributed by atoms with van der Waals surface area (Å²) in [6.45, 7) is 0.440. The largest absolute Gasteiger partial charge is 0.332 e. The molecule has 0 saturated carbocycles. The van der Waals surface area contributed by atoms with Crippen molar-refractivity contribution in [2.24, 2.45) is 20.0 Å². The van der Waals surface area contributed by atoms with Crippen LogP contribution in [-0.4, -0.2) is 37.1 Å². The maximum absolute atomic E-state index is 4.51. The fourth-order valence-corrected chi connectivity index (χ4v) is 2.23. The Morgan fingerprint density at radius 1 is 1.30 bits per heavy atom. The molecule has 3 heterocycles. The second kappa shape index (κ2) is 4.42. The zero-order valence-electron chi connectivity index (χ0n) is 10.5. The Bertz CT molecular complexity index is 659. The van der Waals surface area contributed by atoms with Crippen LogP contribution in [0.3, 0.4) is 0 Å². The number of aliphatic imine (C=N–C) groups is 4. The molecule has 0 aromatic heterocycles. The van der Waals surface area contributed by atoms with Crippen LogP contribution in [0.4, 0.5) is 11.4 Å². The molecule has 100 valence electrons. The first-order chi connectivity index (χ1) is 9.92. The quantitative estimate of drug-likeness (QED) is 0.711. The van der Waals surface area contributed by atoms with Crippen LogP contribution >= 0.6 is 0 Å². The van der Waals surface area contributed by atoms with Gasteiger partial charge in [-0.05, 0) is 12.1 Å². The Morgan fingerprint density at radius 2 is 2.25 bits per heavy atom. The molecule has 0 radical (unpaired) electrons. The molecular weight excluding hydrogens is 256 g/mol. The van der Waals surface area contributed by atoms with E-state index in [-0.39, 0.29) is 6.04 Å². The van der Waals surface area contributed by atoms with Crippen molar-refractivity contribution in [2.45, 2.75) is 6.04 Å². The van der Waals surface area contributed by atoms with Crippen molar-refractivity contribution >= 4 is 35.7 Å². The first-order valence-electron chi connectivity index (χ1n) is 6.23. The van der Waals surface area contributed by atoms with E-state index in [0.717, 1.165) is 17.2 Å². The van der Waals surface area contributed by atoms with E-state index in [9.17, 15) is 0 Å². The van der Waals surface area contributed by atoms with Crippen molar-refractivity contribution in [3.05, 3.63) is 24.3 Å². The average molecular weight is 268 g/mol. The number of para-hydroxylation sites is 2. The van der Waals surface area contributed by atoms with Gasteiger partial charge in [-0.15, -0.1) is 5.53 Å². The van der Waals surface area contributed by atoms with Gasteiger partial charge < -0.3 is 10.7 Å². The molecule has 4 rings (SSSR count). The smallest absolute Gasteiger partial charge is 0.168 e. The summed E-state index contributed by atoms with van der Waals surface area (Å²) in [5.74, 6) is 1.43. The zero-order valence-corrected chi connectivity index (χ0v) is 10.5. The Morgan fingerprint density at radius 3 is 3.25 bits per heavy atom. The highest BCUT2D eigenvalue weighted by molar-refractivity contribution is 6.21. The SMILES string of the molecule is C1=NC(=NCN2NNc3ccccc32)[C@H]2N=CN=C2N1. The number of nitrogens with one attached hydrogen (secondary N) is 3. The molecule has 0 fully saturated rings. The van der Waals surface area contributed by atoms with Crippen LogP contribution in [0.1, 0.15) is 0 Å². The van der Waals surface area contributed by atoms with Gasteiger partial charge >= 0.3 is 0 Å². The van der Waals surface area contributed by atoms with Gasteiger partial charge in [-0.25, -0.2) is 15.0 Å². The molecule has 0 unspecified atom stereocenters. The predicted molar refractivity (Wildman–Crippen MR) is 79.3 cm³/mol. The van der Waals surface area contributed by atoms with Crippen molar-refractivity contribution in [3.63, 3.8) is 0 Å². The van der Waals surface area contributed by atoms with Gasteiger partial charge in [-0.3, -0.25) is 10.0 Å². The summed E-state index contributed by atoms with van der Waals surface area (Å²) in [5.41, 5.74) is 8.23. The highest BCUT2D eigenvalue weighted by Gasteiger charge is 2.27. The molecule has 3 aliphatic heterocycles. The summed E-state index contributed by atoms with van der Waals surface area (Å²) in [6.07, 6.45) is 3.12. The molecule has 0 bridgehead atoms. The van der Waals surface area contributed by atoms with Crippen LogP contribution in [0, 0.1) is 0 Å². The van der Waals surface area contributed by atoms with Crippen molar-refractivity contribution in [2.75, 3.05) is 17.1 Å². The summed E-state index contributed by atoms with van der Waals surface area (Å²) >= 11 is 0. The lowest BCUT2D eigenvalue weighted by molar-refractivity contribution is 0.736. The number of hydrazine groups is 2. The van der Waals surface area contributed by atoms with Crippen molar-refractivity contribution < 1.29 is 0 Å². The van der Waals surface area contributed by atoms with E-state index in [2.05, 4.69) is 36.2 Å². The van der Waals surface area contributed by atoms with E-state index >= 15 is 0 Å². The second-order valence-corrected chi connectivity index (χ2v) is 4.42. The number of anilines is 2. The van der Waals surface area contributed by atoms with Gasteiger partial charge in [0.05, 0.1) is 17.7 Å². The lowest BCUT2D eigenvalue weighted by Gasteiger charge is -2.18. The standard InChI is InChI=1S/C12H12N8/c1-2-4-9-8(3-1)18-19-20(9)7-17-12-10-11(14-5-13-10)15-6-16-12/h1-6,10,18-19H,7H2,(H,13,14,15,16,17)/t10-/m0/s1. The van der Waals surface area contributed by atoms with E-state index < -0.39 is 0 Å². The van der Waals surface area contributed by atoms with Crippen LogP contribution in [0.25, 0.3) is 0 Å². The van der Waals surface area contributed by atoms with Crippen LogP contribution in [0.5, 0.6) is 0 Å². The molecular formula is C12H12N8. The number of hydrogen-bond acceptors (Lipinski definition) is 7. The number of rotatable bonds is 2. The summed E-state index contributed by atoms with van der Waals surface area (Å²) in [7, 11) is 0. The molecule has 1 aromatic carbocycles. The van der Waals surface area contributed by atoms with Crippen LogP contribution in [0.2, 0.25) is 0 Å². The van der Waals surface area contributed by atoms with Crippen LogP contribution < -0.4 is 21.3 Å². The third-order valence-corrected chi connectivity index (χ3v) is 3.22. The van der Waals surface area contributed by atoms with Gasteiger partial charge in [0.25, 0.3) is 0 Å². The molecule has 8 heteroatoms. The minimum absolute atomic E-state index is 0.203. The number of nitrogens with zero attached hydrogens (tertiary/aromatic N) is 5. The fraction of sp³-hybridized carbons (Fsp3) is 0.167. The third-order valence-electron chi connectivity index (χ3n) is 3.22. The van der Waals surface area contributed by atoms with Gasteiger partial charge in [-0.2, -0.15) is 0 Å².